The lowest BCUT2D eigenvalue weighted by Gasteiger charge is -2.13. The molecule has 110 valence electrons. The van der Waals surface area contributed by atoms with Crippen molar-refractivity contribution in [1.29, 1.82) is 0 Å². The summed E-state index contributed by atoms with van der Waals surface area (Å²) < 4.78 is 10.1. The fraction of sp³-hybridized carbons (Fsp3) is 0.333. The molecular weight excluding hydrogens is 307 g/mol. The molecule has 1 unspecified atom stereocenters. The first-order chi connectivity index (χ1) is 9.38. The van der Waals surface area contributed by atoms with Gasteiger partial charge in [-0.1, -0.05) is 11.6 Å². The number of ether oxygens (including phenoxy) is 2. The summed E-state index contributed by atoms with van der Waals surface area (Å²) in [5, 5.41) is 4.00. The number of anilines is 1. The molecule has 1 aromatic rings. The number of hydrogen-bond acceptors (Lipinski definition) is 4. The number of methoxy groups -OCH3 is 2. The van der Waals surface area contributed by atoms with Gasteiger partial charge in [0.2, 0.25) is 5.91 Å². The summed E-state index contributed by atoms with van der Waals surface area (Å²) >= 11 is 11.5. The van der Waals surface area contributed by atoms with Gasteiger partial charge in [-0.05, 0) is 13.0 Å². The molecule has 1 rings (SSSR count). The van der Waals surface area contributed by atoms with Crippen LogP contribution < -0.4 is 20.1 Å². The minimum absolute atomic E-state index is 0.292. The highest BCUT2D eigenvalue weighted by molar-refractivity contribution is 6.33. The Morgan fingerprint density at radius 2 is 1.80 bits per heavy atom. The summed E-state index contributed by atoms with van der Waals surface area (Å²) in [5.74, 6) is 0.135. The molecule has 0 saturated heterocycles. The molecule has 6 nitrogen and oxygen atoms in total. The monoisotopic (exact) mass is 320 g/mol. The van der Waals surface area contributed by atoms with E-state index in [2.05, 4.69) is 10.6 Å². The van der Waals surface area contributed by atoms with Crippen LogP contribution >= 0.6 is 23.2 Å². The van der Waals surface area contributed by atoms with E-state index in [0.717, 1.165) is 0 Å². The molecule has 0 bridgehead atoms. The molecule has 0 fully saturated rings. The third-order valence-electron chi connectivity index (χ3n) is 2.32. The molecule has 0 saturated carbocycles. The average molecular weight is 321 g/mol. The van der Waals surface area contributed by atoms with Crippen LogP contribution in [0.5, 0.6) is 11.5 Å². The van der Waals surface area contributed by atoms with Crippen molar-refractivity contribution in [3.63, 3.8) is 0 Å². The summed E-state index contributed by atoms with van der Waals surface area (Å²) in [5.41, 5.74) is 0.297. The van der Waals surface area contributed by atoms with E-state index in [1.807, 2.05) is 0 Å². The Bertz CT molecular complexity index is 520. The van der Waals surface area contributed by atoms with Crippen LogP contribution in [0.3, 0.4) is 0 Å². The minimum atomic E-state index is -0.817. The summed E-state index contributed by atoms with van der Waals surface area (Å²) in [6.45, 7) is 1.45. The number of hydrogen-bond donors (Lipinski definition) is 2. The van der Waals surface area contributed by atoms with Crippen molar-refractivity contribution >= 4 is 40.8 Å². The van der Waals surface area contributed by atoms with Gasteiger partial charge >= 0.3 is 6.03 Å². The molecule has 0 heterocycles. The SMILES string of the molecule is COc1cc(OC)c(NC(=O)NC(=O)C(C)Cl)cc1Cl. The molecule has 1 atom stereocenters. The van der Waals surface area contributed by atoms with E-state index in [4.69, 9.17) is 32.7 Å². The lowest BCUT2D eigenvalue weighted by Crippen LogP contribution is -2.38. The predicted octanol–water partition coefficient (Wildman–Crippen LogP) is 2.63. The normalized spacial score (nSPS) is 11.4. The van der Waals surface area contributed by atoms with Crippen LogP contribution in [0.25, 0.3) is 0 Å². The third kappa shape index (κ3) is 4.18. The molecule has 1 aromatic carbocycles. The fourth-order valence-electron chi connectivity index (χ4n) is 1.32. The quantitative estimate of drug-likeness (QED) is 0.836. The van der Waals surface area contributed by atoms with Crippen LogP contribution in [0.15, 0.2) is 12.1 Å². The van der Waals surface area contributed by atoms with E-state index < -0.39 is 17.3 Å². The van der Waals surface area contributed by atoms with Gasteiger partial charge < -0.3 is 14.8 Å². The van der Waals surface area contributed by atoms with Crippen molar-refractivity contribution in [3.8, 4) is 11.5 Å². The van der Waals surface area contributed by atoms with Crippen LogP contribution in [-0.2, 0) is 4.79 Å². The lowest BCUT2D eigenvalue weighted by molar-refractivity contribution is -0.119. The number of carbonyl (C=O) groups excluding carboxylic acids is 2. The predicted molar refractivity (Wildman–Crippen MR) is 77.0 cm³/mol. The second-order valence-electron chi connectivity index (χ2n) is 3.75. The fourth-order valence-corrected chi connectivity index (χ4v) is 1.62. The standard InChI is InChI=1S/C12H14Cl2N2O4/c1-6(13)11(17)16-12(18)15-8-4-7(14)9(19-2)5-10(8)20-3/h4-6H,1-3H3,(H2,15,16,17,18). The highest BCUT2D eigenvalue weighted by atomic mass is 35.5. The number of nitrogens with one attached hydrogen (secondary N) is 2. The number of urea groups is 1. The zero-order valence-electron chi connectivity index (χ0n) is 11.1. The van der Waals surface area contributed by atoms with Gasteiger partial charge in [-0.25, -0.2) is 4.79 Å². The highest BCUT2D eigenvalue weighted by Crippen LogP contribution is 2.35. The van der Waals surface area contributed by atoms with E-state index in [1.54, 1.807) is 0 Å². The van der Waals surface area contributed by atoms with Gasteiger partial charge in [-0.15, -0.1) is 11.6 Å². The Morgan fingerprint density at radius 3 is 2.30 bits per heavy atom. The zero-order valence-corrected chi connectivity index (χ0v) is 12.6. The van der Waals surface area contributed by atoms with Crippen molar-refractivity contribution in [3.05, 3.63) is 17.2 Å². The van der Waals surface area contributed by atoms with Gasteiger partial charge in [0.15, 0.2) is 0 Å². The van der Waals surface area contributed by atoms with E-state index in [9.17, 15) is 9.59 Å². The topological polar surface area (TPSA) is 76.7 Å². The number of imide groups is 1. The van der Waals surface area contributed by atoms with Crippen LogP contribution in [0.4, 0.5) is 10.5 Å². The highest BCUT2D eigenvalue weighted by Gasteiger charge is 2.16. The van der Waals surface area contributed by atoms with Crippen LogP contribution in [0, 0.1) is 0 Å². The second-order valence-corrected chi connectivity index (χ2v) is 4.81. The summed E-state index contributed by atoms with van der Waals surface area (Å²) in [6, 6.07) is 2.24. The summed E-state index contributed by atoms with van der Waals surface area (Å²) in [4.78, 5) is 22.9. The Kier molecular flexibility index (Phi) is 5.91. The Labute approximate surface area is 126 Å². The Balaban J connectivity index is 2.89. The number of rotatable bonds is 4. The van der Waals surface area contributed by atoms with Crippen LogP contribution in [0.1, 0.15) is 6.92 Å². The first-order valence-corrected chi connectivity index (χ1v) is 6.38. The number of halogens is 2. The Hall–Kier alpha value is -1.66. The van der Waals surface area contributed by atoms with E-state index in [1.165, 1.54) is 33.3 Å². The first-order valence-electron chi connectivity index (χ1n) is 5.56. The van der Waals surface area contributed by atoms with Crippen molar-refractivity contribution in [2.75, 3.05) is 19.5 Å². The van der Waals surface area contributed by atoms with Crippen LogP contribution in [-0.4, -0.2) is 31.5 Å². The average Bonchev–Trinajstić information content (AvgIpc) is 2.38. The van der Waals surface area contributed by atoms with Crippen molar-refractivity contribution < 1.29 is 19.1 Å². The van der Waals surface area contributed by atoms with Gasteiger partial charge in [-0.3, -0.25) is 10.1 Å². The molecule has 0 aliphatic rings. The maximum Gasteiger partial charge on any atom is 0.326 e. The molecule has 20 heavy (non-hydrogen) atoms. The maximum absolute atomic E-state index is 11.6. The van der Waals surface area contributed by atoms with Crippen molar-refractivity contribution in [1.82, 2.24) is 5.32 Å². The lowest BCUT2D eigenvalue weighted by atomic mass is 10.2. The number of amides is 3. The van der Waals surface area contributed by atoms with Crippen LogP contribution in [0.2, 0.25) is 5.02 Å². The molecular formula is C12H14Cl2N2O4. The smallest absolute Gasteiger partial charge is 0.326 e. The molecule has 0 aromatic heterocycles. The number of benzene rings is 1. The van der Waals surface area contributed by atoms with E-state index in [-0.39, 0.29) is 0 Å². The maximum atomic E-state index is 11.6. The van der Waals surface area contributed by atoms with E-state index >= 15 is 0 Å². The minimum Gasteiger partial charge on any atom is -0.495 e. The molecule has 0 aliphatic heterocycles. The van der Waals surface area contributed by atoms with E-state index in [0.29, 0.717) is 22.2 Å². The molecule has 2 N–H and O–H groups in total. The number of alkyl halides is 1. The third-order valence-corrected chi connectivity index (χ3v) is 2.81. The van der Waals surface area contributed by atoms with Gasteiger partial charge in [0.1, 0.15) is 16.9 Å². The van der Waals surface area contributed by atoms with Gasteiger partial charge in [0, 0.05) is 6.07 Å². The van der Waals surface area contributed by atoms with Gasteiger partial charge in [0.25, 0.3) is 0 Å². The Morgan fingerprint density at radius 1 is 1.20 bits per heavy atom. The summed E-state index contributed by atoms with van der Waals surface area (Å²) in [6.07, 6.45) is 0. The van der Waals surface area contributed by atoms with Crippen molar-refractivity contribution in [2.45, 2.75) is 12.3 Å². The number of carbonyl (C=O) groups is 2. The van der Waals surface area contributed by atoms with Crippen molar-refractivity contribution in [2.24, 2.45) is 0 Å². The molecule has 0 radical (unpaired) electrons. The zero-order chi connectivity index (χ0) is 15.3. The second kappa shape index (κ2) is 7.21. The first kappa shape index (κ1) is 16.4. The van der Waals surface area contributed by atoms with Gasteiger partial charge in [-0.2, -0.15) is 0 Å². The largest absolute Gasteiger partial charge is 0.495 e. The van der Waals surface area contributed by atoms with Gasteiger partial charge in [0.05, 0.1) is 24.9 Å². The summed E-state index contributed by atoms with van der Waals surface area (Å²) in [7, 11) is 2.89. The molecule has 3 amide bonds. The molecule has 8 heteroatoms. The molecule has 0 aliphatic carbocycles. The molecule has 0 spiro atoms.